The standard InChI is InChI=1S/C15H27BN2O3.2ClH/c1-4-5-8-15(16,14(20)21)9-11-18-10-6-7-12(18)13(19)17(2)3;;/h12H,4-11H2,1-3H3,(H,20,21);2*1H/t12-,15?;;/m0../s1. The number of hydrogen-bond acceptors (Lipinski definition) is 3. The molecule has 0 aromatic heterocycles. The first-order valence-corrected chi connectivity index (χ1v) is 7.79. The van der Waals surface area contributed by atoms with Crippen LogP contribution >= 0.6 is 24.8 Å². The maximum absolute atomic E-state index is 12.1. The Bertz CT molecular complexity index is 386. The number of carbonyl (C=O) groups is 2. The summed E-state index contributed by atoms with van der Waals surface area (Å²) in [4.78, 5) is 27.2. The number of nitrogens with zero attached hydrogens (tertiary/aromatic N) is 2. The molecule has 0 aromatic rings. The summed E-state index contributed by atoms with van der Waals surface area (Å²) in [5, 5.41) is 8.20. The molecule has 1 saturated heterocycles. The molecule has 2 radical (unpaired) electrons. The van der Waals surface area contributed by atoms with Crippen LogP contribution in [-0.4, -0.2) is 67.9 Å². The Kier molecular flexibility index (Phi) is 12.0. The minimum Gasteiger partial charge on any atom is -0.481 e. The van der Waals surface area contributed by atoms with Crippen LogP contribution in [0.25, 0.3) is 0 Å². The van der Waals surface area contributed by atoms with Crippen LogP contribution in [0.5, 0.6) is 0 Å². The summed E-state index contributed by atoms with van der Waals surface area (Å²) >= 11 is 0. The average molecular weight is 367 g/mol. The Hall–Kier alpha value is -0.455. The summed E-state index contributed by atoms with van der Waals surface area (Å²) in [7, 11) is 9.57. The largest absolute Gasteiger partial charge is 0.481 e. The summed E-state index contributed by atoms with van der Waals surface area (Å²) < 4.78 is 0. The van der Waals surface area contributed by atoms with Gasteiger partial charge in [-0.15, -0.1) is 24.8 Å². The molecule has 0 saturated carbocycles. The summed E-state index contributed by atoms with van der Waals surface area (Å²) in [6.45, 7) is 3.43. The Balaban J connectivity index is 0. The van der Waals surface area contributed by atoms with E-state index in [-0.39, 0.29) is 36.8 Å². The smallest absolute Gasteiger partial charge is 0.300 e. The molecular weight excluding hydrogens is 338 g/mol. The van der Waals surface area contributed by atoms with E-state index >= 15 is 0 Å². The SMILES string of the molecule is Cl.Cl.[B]C(CCCC)(CCN1CCC[C@H]1C(=O)N(C)C)C(=O)O. The summed E-state index contributed by atoms with van der Waals surface area (Å²) in [5.41, 5.74) is 0. The lowest BCUT2D eigenvalue weighted by Crippen LogP contribution is -2.44. The molecule has 23 heavy (non-hydrogen) atoms. The average Bonchev–Trinajstić information content (AvgIpc) is 2.90. The third-order valence-electron chi connectivity index (χ3n) is 4.34. The van der Waals surface area contributed by atoms with Crippen molar-refractivity contribution in [2.24, 2.45) is 0 Å². The highest BCUT2D eigenvalue weighted by molar-refractivity contribution is 6.26. The van der Waals surface area contributed by atoms with Crippen LogP contribution in [0.4, 0.5) is 0 Å². The molecule has 2 atom stereocenters. The van der Waals surface area contributed by atoms with E-state index in [2.05, 4.69) is 4.90 Å². The number of amides is 1. The first-order chi connectivity index (χ1) is 9.81. The molecule has 1 fully saturated rings. The Morgan fingerprint density at radius 1 is 1.30 bits per heavy atom. The normalized spacial score (nSPS) is 20.0. The fourth-order valence-electron chi connectivity index (χ4n) is 2.85. The number of unbranched alkanes of at least 4 members (excludes halogenated alkanes) is 1. The first kappa shape index (κ1) is 24.8. The lowest BCUT2D eigenvalue weighted by atomic mass is 9.63. The van der Waals surface area contributed by atoms with E-state index in [4.69, 9.17) is 7.85 Å². The van der Waals surface area contributed by atoms with Gasteiger partial charge >= 0.3 is 5.97 Å². The zero-order valence-electron chi connectivity index (χ0n) is 14.3. The van der Waals surface area contributed by atoms with Gasteiger partial charge in [-0.25, -0.2) is 0 Å². The van der Waals surface area contributed by atoms with Gasteiger partial charge in [-0.3, -0.25) is 14.5 Å². The molecule has 0 aromatic carbocycles. The third-order valence-corrected chi connectivity index (χ3v) is 4.34. The molecule has 0 bridgehead atoms. The van der Waals surface area contributed by atoms with Gasteiger partial charge in [-0.2, -0.15) is 0 Å². The zero-order valence-corrected chi connectivity index (χ0v) is 15.9. The first-order valence-electron chi connectivity index (χ1n) is 7.79. The summed E-state index contributed by atoms with van der Waals surface area (Å²) in [6, 6.07) is -0.121. The van der Waals surface area contributed by atoms with E-state index in [1.807, 2.05) is 6.92 Å². The number of halogens is 2. The molecule has 1 unspecified atom stereocenters. The second kappa shape index (κ2) is 11.2. The molecule has 0 aliphatic carbocycles. The number of hydrogen-bond donors (Lipinski definition) is 1. The Morgan fingerprint density at radius 3 is 2.39 bits per heavy atom. The van der Waals surface area contributed by atoms with Gasteiger partial charge in [0.25, 0.3) is 0 Å². The van der Waals surface area contributed by atoms with E-state index in [1.54, 1.807) is 19.0 Å². The van der Waals surface area contributed by atoms with Crippen LogP contribution in [0.2, 0.25) is 5.31 Å². The van der Waals surface area contributed by atoms with E-state index in [1.165, 1.54) is 0 Å². The van der Waals surface area contributed by atoms with Gasteiger partial charge in [0, 0.05) is 19.4 Å². The molecule has 1 amide bonds. The molecule has 1 aliphatic heterocycles. The van der Waals surface area contributed by atoms with Crippen molar-refractivity contribution in [2.75, 3.05) is 27.2 Å². The fourth-order valence-corrected chi connectivity index (χ4v) is 2.85. The van der Waals surface area contributed by atoms with Crippen LogP contribution in [0.15, 0.2) is 0 Å². The number of carboxylic acids is 1. The van der Waals surface area contributed by atoms with Crippen LogP contribution in [0.3, 0.4) is 0 Å². The van der Waals surface area contributed by atoms with E-state index in [0.29, 0.717) is 19.4 Å². The topological polar surface area (TPSA) is 60.9 Å². The molecule has 1 rings (SSSR count). The second-order valence-electron chi connectivity index (χ2n) is 6.24. The van der Waals surface area contributed by atoms with E-state index in [0.717, 1.165) is 32.2 Å². The highest BCUT2D eigenvalue weighted by Gasteiger charge is 2.36. The fraction of sp³-hybridized carbons (Fsp3) is 0.867. The van der Waals surface area contributed by atoms with Gasteiger partial charge in [0.1, 0.15) is 0 Å². The zero-order chi connectivity index (χ0) is 16.0. The maximum atomic E-state index is 12.1. The van der Waals surface area contributed by atoms with E-state index in [9.17, 15) is 14.7 Å². The maximum Gasteiger partial charge on any atom is 0.300 e. The molecule has 1 heterocycles. The number of likely N-dealkylation sites (N-methyl/N-ethyl adjacent to an activating group) is 1. The van der Waals surface area contributed by atoms with Gasteiger partial charge in [0.05, 0.1) is 13.9 Å². The van der Waals surface area contributed by atoms with Crippen molar-refractivity contribution in [3.63, 3.8) is 0 Å². The summed E-state index contributed by atoms with van der Waals surface area (Å²) in [6.07, 6.45) is 4.43. The minimum atomic E-state index is -1.18. The number of rotatable bonds is 8. The third kappa shape index (κ3) is 6.90. The number of likely N-dealkylation sites (tertiary alicyclic amines) is 1. The number of carbonyl (C=O) groups excluding carboxylic acids is 1. The monoisotopic (exact) mass is 366 g/mol. The van der Waals surface area contributed by atoms with Crippen molar-refractivity contribution < 1.29 is 14.7 Å². The summed E-state index contributed by atoms with van der Waals surface area (Å²) in [5.74, 6) is -0.843. The number of aliphatic carboxylic acids is 1. The lowest BCUT2D eigenvalue weighted by Gasteiger charge is -2.31. The highest BCUT2D eigenvalue weighted by Crippen LogP contribution is 2.34. The van der Waals surface area contributed by atoms with Crippen LogP contribution in [0.1, 0.15) is 45.4 Å². The van der Waals surface area contributed by atoms with Crippen molar-refractivity contribution in [1.82, 2.24) is 9.80 Å². The molecular formula is C15H29BCl2N2O3. The van der Waals surface area contributed by atoms with Gasteiger partial charge in [-0.1, -0.05) is 19.8 Å². The van der Waals surface area contributed by atoms with Gasteiger partial charge < -0.3 is 10.0 Å². The number of carboxylic acid groups (broad SMARTS) is 1. The lowest BCUT2D eigenvalue weighted by molar-refractivity contribution is -0.141. The van der Waals surface area contributed by atoms with Crippen molar-refractivity contribution in [1.29, 1.82) is 0 Å². The van der Waals surface area contributed by atoms with Crippen molar-refractivity contribution >= 4 is 44.5 Å². The van der Waals surface area contributed by atoms with Gasteiger partial charge in [0.2, 0.25) is 5.91 Å². The van der Waals surface area contributed by atoms with Crippen LogP contribution in [0, 0.1) is 0 Å². The van der Waals surface area contributed by atoms with Gasteiger partial charge in [-0.05, 0) is 38.8 Å². The quantitative estimate of drug-likeness (QED) is 0.670. The Morgan fingerprint density at radius 2 is 1.91 bits per heavy atom. The highest BCUT2D eigenvalue weighted by atomic mass is 35.5. The predicted octanol–water partition coefficient (Wildman–Crippen LogP) is 2.37. The molecule has 1 N–H and O–H groups in total. The molecule has 134 valence electrons. The predicted molar refractivity (Wildman–Crippen MR) is 98.0 cm³/mol. The molecule has 1 aliphatic rings. The van der Waals surface area contributed by atoms with Crippen molar-refractivity contribution in [3.05, 3.63) is 0 Å². The van der Waals surface area contributed by atoms with Crippen LogP contribution < -0.4 is 0 Å². The Labute approximate surface area is 153 Å². The van der Waals surface area contributed by atoms with E-state index < -0.39 is 11.3 Å². The minimum absolute atomic E-state index is 0. The van der Waals surface area contributed by atoms with Gasteiger partial charge in [0.15, 0.2) is 0 Å². The molecule has 5 nitrogen and oxygen atoms in total. The van der Waals surface area contributed by atoms with Crippen LogP contribution in [-0.2, 0) is 9.59 Å². The molecule has 0 spiro atoms. The molecule has 8 heteroatoms. The van der Waals surface area contributed by atoms with Crippen molar-refractivity contribution in [3.8, 4) is 0 Å². The van der Waals surface area contributed by atoms with Crippen molar-refractivity contribution in [2.45, 2.75) is 56.8 Å². The second-order valence-corrected chi connectivity index (χ2v) is 6.24.